The number of ether oxygens (including phenoxy) is 1. The molecule has 1 aliphatic carbocycles. The fourth-order valence-corrected chi connectivity index (χ4v) is 3.29. The molecule has 140 valence electrons. The molecule has 1 fully saturated rings. The molecule has 1 amide bonds. The third-order valence-corrected chi connectivity index (χ3v) is 4.79. The molecule has 5 nitrogen and oxygen atoms in total. The molecule has 1 aromatic heterocycles. The first-order valence-corrected chi connectivity index (χ1v) is 9.62. The topological polar surface area (TPSA) is 64.4 Å². The Bertz CT molecular complexity index is 691. The minimum absolute atomic E-state index is 0.0290. The fraction of sp³-hybridized carbons (Fsp3) is 0.524. The van der Waals surface area contributed by atoms with Crippen LogP contribution in [0.4, 0.5) is 0 Å². The first kappa shape index (κ1) is 18.6. The summed E-state index contributed by atoms with van der Waals surface area (Å²) in [6.45, 7) is 3.19. The Morgan fingerprint density at radius 3 is 2.77 bits per heavy atom. The number of nitrogens with one attached hydrogen (secondary N) is 1. The molecular formula is C21H28N2O3. The van der Waals surface area contributed by atoms with E-state index >= 15 is 0 Å². The molecule has 0 aliphatic heterocycles. The van der Waals surface area contributed by atoms with Gasteiger partial charge < -0.3 is 14.5 Å². The van der Waals surface area contributed by atoms with Gasteiger partial charge in [-0.2, -0.15) is 0 Å². The van der Waals surface area contributed by atoms with Gasteiger partial charge in [-0.3, -0.25) is 4.79 Å². The molecule has 0 atom stereocenters. The number of carbonyl (C=O) groups excluding carboxylic acids is 1. The van der Waals surface area contributed by atoms with Gasteiger partial charge in [0.1, 0.15) is 5.76 Å². The van der Waals surface area contributed by atoms with Gasteiger partial charge in [0.25, 0.3) is 0 Å². The molecule has 0 spiro atoms. The number of aryl methyl sites for hydroxylation is 1. The van der Waals surface area contributed by atoms with Crippen molar-refractivity contribution in [2.24, 2.45) is 0 Å². The van der Waals surface area contributed by atoms with Crippen LogP contribution in [-0.2, 0) is 16.0 Å². The van der Waals surface area contributed by atoms with E-state index in [0.717, 1.165) is 12.0 Å². The molecule has 1 aliphatic rings. The molecule has 0 bridgehead atoms. The molecule has 2 aromatic rings. The van der Waals surface area contributed by atoms with E-state index in [1.165, 1.54) is 32.1 Å². The molecule has 5 heteroatoms. The Hall–Kier alpha value is -2.14. The standard InChI is InChI=1S/C21H28N2O3/c1-16-19(23-21(26-16)17-9-4-2-5-10-17)15-20(24)22-13-8-14-25-18-11-6-3-7-12-18/h2,4-5,9-10,18H,3,6-8,11-15H2,1H3,(H,22,24). The van der Waals surface area contributed by atoms with Crippen molar-refractivity contribution >= 4 is 5.91 Å². The van der Waals surface area contributed by atoms with E-state index in [1.807, 2.05) is 37.3 Å². The lowest BCUT2D eigenvalue weighted by Gasteiger charge is -2.21. The van der Waals surface area contributed by atoms with Crippen LogP contribution in [0.1, 0.15) is 50.0 Å². The number of hydrogen-bond donors (Lipinski definition) is 1. The summed E-state index contributed by atoms with van der Waals surface area (Å²) in [5, 5.41) is 2.94. The summed E-state index contributed by atoms with van der Waals surface area (Å²) in [6.07, 6.45) is 7.77. The summed E-state index contributed by atoms with van der Waals surface area (Å²) in [5.74, 6) is 1.23. The molecule has 1 saturated carbocycles. The Kier molecular flexibility index (Phi) is 6.83. The predicted octanol–water partition coefficient (Wildman–Crippen LogP) is 4.05. The number of hydrogen-bond acceptors (Lipinski definition) is 4. The lowest BCUT2D eigenvalue weighted by molar-refractivity contribution is -0.120. The SMILES string of the molecule is Cc1oc(-c2ccccc2)nc1CC(=O)NCCCOC1CCCCC1. The smallest absolute Gasteiger partial charge is 0.226 e. The summed E-state index contributed by atoms with van der Waals surface area (Å²) >= 11 is 0. The highest BCUT2D eigenvalue weighted by atomic mass is 16.5. The van der Waals surface area contributed by atoms with Crippen molar-refractivity contribution in [3.63, 3.8) is 0 Å². The number of oxazole rings is 1. The summed E-state index contributed by atoms with van der Waals surface area (Å²) in [7, 11) is 0. The average Bonchev–Trinajstić information content (AvgIpc) is 3.03. The maximum absolute atomic E-state index is 12.1. The molecule has 0 unspecified atom stereocenters. The summed E-state index contributed by atoms with van der Waals surface area (Å²) in [6, 6.07) is 9.72. The molecule has 1 N–H and O–H groups in total. The van der Waals surface area contributed by atoms with Gasteiger partial charge in [-0.15, -0.1) is 0 Å². The zero-order valence-electron chi connectivity index (χ0n) is 15.5. The zero-order chi connectivity index (χ0) is 18.2. The third kappa shape index (κ3) is 5.43. The van der Waals surface area contributed by atoms with Gasteiger partial charge in [-0.1, -0.05) is 37.5 Å². The summed E-state index contributed by atoms with van der Waals surface area (Å²) in [5.41, 5.74) is 1.61. The minimum atomic E-state index is -0.0290. The van der Waals surface area contributed by atoms with E-state index < -0.39 is 0 Å². The summed E-state index contributed by atoms with van der Waals surface area (Å²) in [4.78, 5) is 16.6. The Morgan fingerprint density at radius 1 is 1.23 bits per heavy atom. The van der Waals surface area contributed by atoms with E-state index in [2.05, 4.69) is 10.3 Å². The number of carbonyl (C=O) groups is 1. The molecule has 0 saturated heterocycles. The lowest BCUT2D eigenvalue weighted by atomic mass is 9.98. The molecule has 0 radical (unpaired) electrons. The van der Waals surface area contributed by atoms with E-state index in [9.17, 15) is 4.79 Å². The Morgan fingerprint density at radius 2 is 2.00 bits per heavy atom. The zero-order valence-corrected chi connectivity index (χ0v) is 15.5. The van der Waals surface area contributed by atoms with E-state index in [-0.39, 0.29) is 12.3 Å². The van der Waals surface area contributed by atoms with Crippen LogP contribution in [0.3, 0.4) is 0 Å². The average molecular weight is 356 g/mol. The van der Waals surface area contributed by atoms with Crippen LogP contribution >= 0.6 is 0 Å². The number of nitrogens with zero attached hydrogens (tertiary/aromatic N) is 1. The van der Waals surface area contributed by atoms with Crippen molar-refractivity contribution in [2.45, 2.75) is 58.0 Å². The van der Waals surface area contributed by atoms with Gasteiger partial charge in [0, 0.05) is 18.7 Å². The van der Waals surface area contributed by atoms with E-state index in [0.29, 0.717) is 36.6 Å². The van der Waals surface area contributed by atoms with Crippen LogP contribution in [0.25, 0.3) is 11.5 Å². The highest BCUT2D eigenvalue weighted by molar-refractivity contribution is 5.78. The first-order chi connectivity index (χ1) is 12.7. The van der Waals surface area contributed by atoms with Crippen molar-refractivity contribution in [1.29, 1.82) is 0 Å². The van der Waals surface area contributed by atoms with E-state index in [4.69, 9.17) is 9.15 Å². The first-order valence-electron chi connectivity index (χ1n) is 9.62. The van der Waals surface area contributed by atoms with Crippen LogP contribution in [-0.4, -0.2) is 30.1 Å². The fourth-order valence-electron chi connectivity index (χ4n) is 3.29. The van der Waals surface area contributed by atoms with Gasteiger partial charge in [0.05, 0.1) is 18.2 Å². The Balaban J connectivity index is 1.39. The van der Waals surface area contributed by atoms with Gasteiger partial charge in [-0.25, -0.2) is 4.98 Å². The molecular weight excluding hydrogens is 328 g/mol. The maximum atomic E-state index is 12.1. The van der Waals surface area contributed by atoms with Crippen molar-refractivity contribution in [3.8, 4) is 11.5 Å². The van der Waals surface area contributed by atoms with Crippen molar-refractivity contribution in [2.75, 3.05) is 13.2 Å². The number of rotatable bonds is 8. The lowest BCUT2D eigenvalue weighted by Crippen LogP contribution is -2.27. The van der Waals surface area contributed by atoms with Crippen LogP contribution in [0.5, 0.6) is 0 Å². The van der Waals surface area contributed by atoms with Crippen molar-refractivity contribution in [1.82, 2.24) is 10.3 Å². The van der Waals surface area contributed by atoms with Crippen LogP contribution in [0.15, 0.2) is 34.7 Å². The van der Waals surface area contributed by atoms with Crippen LogP contribution in [0, 0.1) is 6.92 Å². The van der Waals surface area contributed by atoms with E-state index in [1.54, 1.807) is 0 Å². The number of benzene rings is 1. The highest BCUT2D eigenvalue weighted by Crippen LogP contribution is 2.22. The largest absolute Gasteiger partial charge is 0.441 e. The normalized spacial score (nSPS) is 15.1. The van der Waals surface area contributed by atoms with Crippen molar-refractivity contribution in [3.05, 3.63) is 41.8 Å². The monoisotopic (exact) mass is 356 g/mol. The van der Waals surface area contributed by atoms with Crippen LogP contribution < -0.4 is 5.32 Å². The second-order valence-corrected chi connectivity index (χ2v) is 6.90. The van der Waals surface area contributed by atoms with Gasteiger partial charge in [0.2, 0.25) is 11.8 Å². The molecule has 1 aromatic carbocycles. The highest BCUT2D eigenvalue weighted by Gasteiger charge is 2.15. The minimum Gasteiger partial charge on any atom is -0.441 e. The predicted molar refractivity (Wildman–Crippen MR) is 101 cm³/mol. The summed E-state index contributed by atoms with van der Waals surface area (Å²) < 4.78 is 11.6. The number of aromatic nitrogens is 1. The quantitative estimate of drug-likeness (QED) is 0.725. The van der Waals surface area contributed by atoms with Crippen molar-refractivity contribution < 1.29 is 13.9 Å². The van der Waals surface area contributed by atoms with Gasteiger partial charge in [-0.05, 0) is 38.3 Å². The second kappa shape index (κ2) is 9.53. The third-order valence-electron chi connectivity index (χ3n) is 4.79. The number of amides is 1. The Labute approximate surface area is 155 Å². The molecule has 1 heterocycles. The molecule has 26 heavy (non-hydrogen) atoms. The second-order valence-electron chi connectivity index (χ2n) is 6.90. The van der Waals surface area contributed by atoms with Crippen LogP contribution in [0.2, 0.25) is 0 Å². The molecule has 3 rings (SSSR count). The van der Waals surface area contributed by atoms with Gasteiger partial charge in [0.15, 0.2) is 0 Å². The van der Waals surface area contributed by atoms with Gasteiger partial charge >= 0.3 is 0 Å². The maximum Gasteiger partial charge on any atom is 0.226 e.